The monoisotopic (exact) mass is 436 g/mol. The molecule has 1 rings (SSSR count). The first-order chi connectivity index (χ1) is 6.10. The van der Waals surface area contributed by atoms with E-state index in [1.54, 1.807) is 13.3 Å². The van der Waals surface area contributed by atoms with E-state index in [-0.39, 0.29) is 0 Å². The quantitative estimate of drug-likeness (QED) is 0.598. The minimum atomic E-state index is -3.07. The summed E-state index contributed by atoms with van der Waals surface area (Å²) >= 11 is -3.07. The van der Waals surface area contributed by atoms with Crippen molar-refractivity contribution in [1.82, 2.24) is 0 Å². The zero-order valence-electron chi connectivity index (χ0n) is 8.92. The number of allylic oxidation sites excluding steroid dienone is 4. The molecule has 1 N–H and O–H groups in total. The molecule has 0 spiro atoms. The molecule has 0 aromatic carbocycles. The molecule has 0 unspecified atom stereocenters. The zero-order valence-corrected chi connectivity index (χ0v) is 13.7. The maximum atomic E-state index is 8.12. The van der Waals surface area contributed by atoms with Crippen molar-refractivity contribution >= 4 is 27.3 Å². The number of rotatable bonds is 1. The van der Waals surface area contributed by atoms with Gasteiger partial charge in [0.15, 0.2) is 0 Å². The van der Waals surface area contributed by atoms with Crippen LogP contribution in [0.3, 0.4) is 0 Å². The molecule has 1 aliphatic rings. The van der Waals surface area contributed by atoms with Crippen molar-refractivity contribution in [2.45, 2.75) is 17.3 Å². The average Bonchev–Trinajstić information content (AvgIpc) is 2.29. The molecule has 0 atom stereocenters. The van der Waals surface area contributed by atoms with Gasteiger partial charge >= 0.3 is 70.8 Å². The third kappa shape index (κ3) is 7.40. The summed E-state index contributed by atoms with van der Waals surface area (Å²) in [5.74, 6) is 0. The van der Waals surface area contributed by atoms with Crippen LogP contribution in [0, 0.1) is 0 Å². The van der Waals surface area contributed by atoms with E-state index in [9.17, 15) is 0 Å². The third-order valence-electron chi connectivity index (χ3n) is 1.30. The molecule has 0 heterocycles. The van der Waals surface area contributed by atoms with Crippen LogP contribution >= 0.6 is 27.3 Å². The van der Waals surface area contributed by atoms with E-state index in [0.29, 0.717) is 0 Å². The summed E-state index contributed by atoms with van der Waals surface area (Å²) in [6, 6.07) is 0. The van der Waals surface area contributed by atoms with Crippen molar-refractivity contribution < 1.29 is 16.9 Å². The fourth-order valence-electron chi connectivity index (χ4n) is 0.752. The minimum absolute atomic E-state index is 0.620. The molecule has 0 aliphatic heterocycles. The van der Waals surface area contributed by atoms with Crippen LogP contribution in [0.1, 0.15) is 6.42 Å². The zero-order chi connectivity index (χ0) is 11.4. The van der Waals surface area contributed by atoms with Crippen molar-refractivity contribution in [3.05, 3.63) is 22.3 Å². The first-order valence-electron chi connectivity index (χ1n) is 3.90. The van der Waals surface area contributed by atoms with Crippen molar-refractivity contribution in [2.24, 2.45) is 0 Å². The van der Waals surface area contributed by atoms with Crippen molar-refractivity contribution in [3.8, 4) is 0 Å². The van der Waals surface area contributed by atoms with E-state index >= 15 is 0 Å². The molecule has 1 nitrogen and oxygen atoms in total. The van der Waals surface area contributed by atoms with Crippen LogP contribution < -0.4 is 0 Å². The van der Waals surface area contributed by atoms with Crippen LogP contribution in [0.25, 0.3) is 0 Å². The van der Waals surface area contributed by atoms with Crippen LogP contribution in [0.2, 0.25) is 10.9 Å². The molecule has 0 aromatic heterocycles. The standard InChI is InChI=1S/C5H5.C2H7OP.2CH3.2ClH.Ir/c1-2-4-5-3-1;1-4(2)3;;;;;/h1-3H,4H2;3H,1-2H3;2*1H3;2*1H;/q;;;;;;+2/p-2. The van der Waals surface area contributed by atoms with Crippen LogP contribution in [0.15, 0.2) is 22.3 Å². The van der Waals surface area contributed by atoms with E-state index in [1.165, 1.54) is 4.09 Å². The van der Waals surface area contributed by atoms with Gasteiger partial charge in [-0.1, -0.05) is 0 Å². The van der Waals surface area contributed by atoms with Gasteiger partial charge in [-0.05, 0) is 13.3 Å². The summed E-state index contributed by atoms with van der Waals surface area (Å²) in [6.45, 7) is 3.57. The number of halogens is 2. The van der Waals surface area contributed by atoms with E-state index in [4.69, 9.17) is 24.1 Å². The predicted molar refractivity (Wildman–Crippen MR) is 66.3 cm³/mol. The van der Waals surface area contributed by atoms with Crippen LogP contribution in [-0.4, -0.2) is 18.2 Å². The van der Waals surface area contributed by atoms with Gasteiger partial charge in [-0.15, -0.1) is 0 Å². The van der Waals surface area contributed by atoms with Crippen LogP contribution in [0.5, 0.6) is 0 Å². The summed E-state index contributed by atoms with van der Waals surface area (Å²) in [7, 11) is 11.9. The van der Waals surface area contributed by atoms with E-state index in [1.807, 2.05) is 17.0 Å². The fraction of sp³-hybridized carbons (Fsp3) is 0.556. The second-order valence-corrected chi connectivity index (χ2v) is 29.7. The van der Waals surface area contributed by atoms with E-state index in [2.05, 4.69) is 12.2 Å². The van der Waals surface area contributed by atoms with Gasteiger partial charge in [-0.2, -0.15) is 0 Å². The van der Waals surface area contributed by atoms with Gasteiger partial charge in [0.05, 0.1) is 0 Å². The van der Waals surface area contributed by atoms with Gasteiger partial charge in [-0.25, -0.2) is 0 Å². The normalized spacial score (nSPS) is 18.3. The Balaban J connectivity index is 0.000000364. The first-order valence-corrected chi connectivity index (χ1v) is 18.0. The molecule has 0 amide bonds. The Morgan fingerprint density at radius 1 is 1.36 bits per heavy atom. The van der Waals surface area contributed by atoms with Crippen LogP contribution in [0.4, 0.5) is 0 Å². The predicted octanol–water partition coefficient (Wildman–Crippen LogP) is 4.56. The Hall–Kier alpha value is 1.10. The average molecular weight is 436 g/mol. The Kier molecular flexibility index (Phi) is 5.86. The summed E-state index contributed by atoms with van der Waals surface area (Å²) in [5, 5.41) is 0. The van der Waals surface area contributed by atoms with E-state index < -0.39 is 20.2 Å². The molecule has 0 saturated carbocycles. The summed E-state index contributed by atoms with van der Waals surface area (Å²) in [4.78, 5) is 8.12. The molecule has 0 fully saturated rings. The number of hydrogen-bond acceptors (Lipinski definition) is 1. The first kappa shape index (κ1) is 15.1. The van der Waals surface area contributed by atoms with Crippen LogP contribution in [-0.2, 0) is 12.1 Å². The molecule has 0 saturated heterocycles. The third-order valence-corrected chi connectivity index (χ3v) is 9.08. The van der Waals surface area contributed by atoms with Gasteiger partial charge in [0.1, 0.15) is 0 Å². The maximum absolute atomic E-state index is 8.12. The molecule has 88 valence electrons. The second kappa shape index (κ2) is 5.43. The molecular formula is C9H18Cl2IrOP. The Morgan fingerprint density at radius 2 is 1.79 bits per heavy atom. The summed E-state index contributed by atoms with van der Waals surface area (Å²) in [5.41, 5.74) is 4.00. The Labute approximate surface area is 96.8 Å². The molecule has 14 heavy (non-hydrogen) atoms. The molecule has 0 bridgehead atoms. The Bertz CT molecular complexity index is 241. The second-order valence-electron chi connectivity index (χ2n) is 3.41. The van der Waals surface area contributed by atoms with Crippen molar-refractivity contribution in [3.63, 3.8) is 0 Å². The van der Waals surface area contributed by atoms with Gasteiger partial charge < -0.3 is 4.89 Å². The summed E-state index contributed by atoms with van der Waals surface area (Å²) < 4.78 is 1.25. The molecule has 0 radical (unpaired) electrons. The molecule has 1 aliphatic carbocycles. The summed E-state index contributed by atoms with van der Waals surface area (Å²) in [6.07, 6.45) is 7.13. The molecule has 0 aromatic rings. The molecule has 5 heteroatoms. The van der Waals surface area contributed by atoms with Gasteiger partial charge in [0.25, 0.3) is 0 Å². The van der Waals surface area contributed by atoms with Gasteiger partial charge in [0, 0.05) is 8.15 Å². The van der Waals surface area contributed by atoms with Crippen molar-refractivity contribution in [2.75, 3.05) is 13.3 Å². The van der Waals surface area contributed by atoms with Crippen molar-refractivity contribution in [1.29, 1.82) is 0 Å². The van der Waals surface area contributed by atoms with Gasteiger partial charge in [-0.3, -0.25) is 0 Å². The Morgan fingerprint density at radius 3 is 1.93 bits per heavy atom. The number of hydrogen-bond donors (Lipinski definition) is 1. The topological polar surface area (TPSA) is 20.2 Å². The SMILES string of the molecule is CP(C)O.[CH3][Ir]([CH3])([Cl])([Cl])[C]1=CC=CC1. The molecular weight excluding hydrogens is 418 g/mol. The van der Waals surface area contributed by atoms with Gasteiger partial charge in [0.2, 0.25) is 0 Å². The van der Waals surface area contributed by atoms with E-state index in [0.717, 1.165) is 6.42 Å². The fourth-order valence-corrected chi connectivity index (χ4v) is 5.24.